The van der Waals surface area contributed by atoms with Crippen molar-refractivity contribution < 1.29 is 4.79 Å². The minimum absolute atomic E-state index is 0.0855. The van der Waals surface area contributed by atoms with E-state index in [0.717, 1.165) is 35.2 Å². The number of nitrogens with zero attached hydrogens (tertiary/aromatic N) is 1. The molecule has 28 heavy (non-hydrogen) atoms. The van der Waals surface area contributed by atoms with Crippen molar-refractivity contribution in [2.24, 2.45) is 0 Å². The van der Waals surface area contributed by atoms with Gasteiger partial charge in [0.15, 0.2) is 0 Å². The van der Waals surface area contributed by atoms with Crippen LogP contribution in [0, 0.1) is 6.92 Å². The summed E-state index contributed by atoms with van der Waals surface area (Å²) in [7, 11) is 0. The zero-order valence-electron chi connectivity index (χ0n) is 16.1. The second-order valence-corrected chi connectivity index (χ2v) is 7.45. The maximum Gasteiger partial charge on any atom is 0.251 e. The fourth-order valence-corrected chi connectivity index (χ4v) is 3.82. The monoisotopic (exact) mass is 375 g/mol. The zero-order chi connectivity index (χ0) is 19.5. The summed E-state index contributed by atoms with van der Waals surface area (Å²) in [6.45, 7) is 4.18. The molecular weight excluding hydrogens is 350 g/mol. The van der Waals surface area contributed by atoms with Gasteiger partial charge in [-0.25, -0.2) is 0 Å². The molecule has 4 rings (SSSR count). The second-order valence-electron chi connectivity index (χ2n) is 7.45. The number of hydrogen-bond acceptors (Lipinski definition) is 3. The van der Waals surface area contributed by atoms with Gasteiger partial charge >= 0.3 is 0 Å². The summed E-state index contributed by atoms with van der Waals surface area (Å²) in [6, 6.07) is 15.8. The predicted molar refractivity (Wildman–Crippen MR) is 114 cm³/mol. The molecule has 1 saturated heterocycles. The maximum absolute atomic E-state index is 12.3. The van der Waals surface area contributed by atoms with Crippen molar-refractivity contribution in [1.29, 1.82) is 0 Å². The Morgan fingerprint density at radius 3 is 2.61 bits per heavy atom. The fourth-order valence-electron chi connectivity index (χ4n) is 3.82. The van der Waals surface area contributed by atoms with E-state index in [0.29, 0.717) is 12.0 Å². The Balaban J connectivity index is 1.38. The van der Waals surface area contributed by atoms with Gasteiger partial charge in [0.2, 0.25) is 5.91 Å². The van der Waals surface area contributed by atoms with E-state index in [-0.39, 0.29) is 17.9 Å². The number of amides is 1. The molecule has 2 N–H and O–H groups in total. The smallest absolute Gasteiger partial charge is 0.251 e. The molecule has 144 valence electrons. The van der Waals surface area contributed by atoms with Crippen LogP contribution in [0.3, 0.4) is 0 Å². The molecule has 2 aromatic carbocycles. The van der Waals surface area contributed by atoms with Gasteiger partial charge < -0.3 is 15.2 Å². The highest BCUT2D eigenvalue weighted by Gasteiger charge is 2.12. The number of benzene rings is 2. The molecule has 0 saturated carbocycles. The second kappa shape index (κ2) is 7.89. The average Bonchev–Trinajstić information content (AvgIpc) is 3.23. The highest BCUT2D eigenvalue weighted by atomic mass is 16.1. The fraction of sp³-hybridized carbons (Fsp3) is 0.304. The highest BCUT2D eigenvalue weighted by Crippen LogP contribution is 2.22. The van der Waals surface area contributed by atoms with E-state index in [4.69, 9.17) is 0 Å². The van der Waals surface area contributed by atoms with Crippen molar-refractivity contribution in [1.82, 2.24) is 4.98 Å². The van der Waals surface area contributed by atoms with Crippen LogP contribution in [-0.4, -0.2) is 24.0 Å². The molecule has 5 nitrogen and oxygen atoms in total. The topological polar surface area (TPSA) is 65.2 Å². The summed E-state index contributed by atoms with van der Waals surface area (Å²) in [5, 5.41) is 3.92. The summed E-state index contributed by atoms with van der Waals surface area (Å²) in [5.74, 6) is -0.0855. The van der Waals surface area contributed by atoms with Crippen molar-refractivity contribution in [2.75, 3.05) is 23.3 Å². The number of anilines is 2. The number of nitrogens with one attached hydrogen (secondary N) is 2. The standard InChI is InChI=1S/C23H25N3O2/c1-16-5-4-6-17-15-18(23(28)25-22(16)17)7-12-21(27)24-19-8-10-20(11-9-19)26-13-2-3-14-26/h4-6,8-11,15H,2-3,7,12-14H2,1H3,(H,24,27)(H,25,28). The predicted octanol–water partition coefficient (Wildman–Crippen LogP) is 4.01. The molecule has 0 aliphatic carbocycles. The molecule has 1 fully saturated rings. The Hall–Kier alpha value is -3.08. The molecule has 0 unspecified atom stereocenters. The van der Waals surface area contributed by atoms with Crippen molar-refractivity contribution in [3.05, 3.63) is 70.0 Å². The van der Waals surface area contributed by atoms with Crippen LogP contribution in [0.15, 0.2) is 53.3 Å². The van der Waals surface area contributed by atoms with Crippen LogP contribution >= 0.6 is 0 Å². The van der Waals surface area contributed by atoms with Crippen LogP contribution < -0.4 is 15.8 Å². The van der Waals surface area contributed by atoms with Gasteiger partial charge in [0.1, 0.15) is 0 Å². The molecule has 2 heterocycles. The largest absolute Gasteiger partial charge is 0.372 e. The third-order valence-electron chi connectivity index (χ3n) is 5.41. The number of pyridine rings is 1. The molecule has 1 amide bonds. The van der Waals surface area contributed by atoms with Crippen molar-refractivity contribution in [3.63, 3.8) is 0 Å². The minimum Gasteiger partial charge on any atom is -0.372 e. The van der Waals surface area contributed by atoms with E-state index in [1.807, 2.05) is 43.3 Å². The molecule has 0 atom stereocenters. The molecule has 5 heteroatoms. The van der Waals surface area contributed by atoms with Crippen molar-refractivity contribution in [3.8, 4) is 0 Å². The van der Waals surface area contributed by atoms with E-state index in [9.17, 15) is 9.59 Å². The highest BCUT2D eigenvalue weighted by molar-refractivity contribution is 5.91. The third kappa shape index (κ3) is 3.93. The molecule has 0 spiro atoms. The molecule has 0 radical (unpaired) electrons. The first-order valence-corrected chi connectivity index (χ1v) is 9.86. The summed E-state index contributed by atoms with van der Waals surface area (Å²) < 4.78 is 0. The number of aromatic amines is 1. The van der Waals surface area contributed by atoms with Crippen LogP contribution in [-0.2, 0) is 11.2 Å². The van der Waals surface area contributed by atoms with E-state index in [1.54, 1.807) is 0 Å². The molecule has 1 aromatic heterocycles. The number of rotatable bonds is 5. The van der Waals surface area contributed by atoms with E-state index in [2.05, 4.69) is 27.3 Å². The first kappa shape index (κ1) is 18.3. The van der Waals surface area contributed by atoms with Gasteiger partial charge in [0, 0.05) is 36.4 Å². The van der Waals surface area contributed by atoms with Crippen molar-refractivity contribution >= 4 is 28.2 Å². The molecule has 0 bridgehead atoms. The number of para-hydroxylation sites is 1. The molecule has 1 aliphatic heterocycles. The molecular formula is C23H25N3O2. The maximum atomic E-state index is 12.3. The lowest BCUT2D eigenvalue weighted by atomic mass is 10.1. The van der Waals surface area contributed by atoms with Gasteiger partial charge in [0.05, 0.1) is 5.52 Å². The average molecular weight is 375 g/mol. The first-order valence-electron chi connectivity index (χ1n) is 9.86. The van der Waals surface area contributed by atoms with Gasteiger partial charge in [0.25, 0.3) is 5.56 Å². The third-order valence-corrected chi connectivity index (χ3v) is 5.41. The van der Waals surface area contributed by atoms with Crippen LogP contribution in [0.1, 0.15) is 30.4 Å². The Kier molecular flexibility index (Phi) is 5.15. The van der Waals surface area contributed by atoms with Crippen LogP contribution in [0.5, 0.6) is 0 Å². The van der Waals surface area contributed by atoms with Gasteiger partial charge in [-0.15, -0.1) is 0 Å². The lowest BCUT2D eigenvalue weighted by Gasteiger charge is -2.17. The Morgan fingerprint density at radius 1 is 1.11 bits per heavy atom. The number of carbonyl (C=O) groups excluding carboxylic acids is 1. The quantitative estimate of drug-likeness (QED) is 0.708. The normalized spacial score (nSPS) is 13.8. The Labute approximate surface area is 164 Å². The summed E-state index contributed by atoms with van der Waals surface area (Å²) in [6.07, 6.45) is 3.17. The van der Waals surface area contributed by atoms with Gasteiger partial charge in [-0.3, -0.25) is 9.59 Å². The SMILES string of the molecule is Cc1cccc2cc(CCC(=O)Nc3ccc(N4CCCC4)cc3)c(=O)[nH]c12. The van der Waals surface area contributed by atoms with Gasteiger partial charge in [-0.1, -0.05) is 18.2 Å². The molecule has 3 aromatic rings. The number of H-pyrrole nitrogens is 1. The molecule has 1 aliphatic rings. The van der Waals surface area contributed by atoms with Gasteiger partial charge in [-0.05, 0) is 67.5 Å². The number of fused-ring (bicyclic) bond motifs is 1. The zero-order valence-corrected chi connectivity index (χ0v) is 16.1. The minimum atomic E-state index is -0.121. The lowest BCUT2D eigenvalue weighted by Crippen LogP contribution is -2.18. The Morgan fingerprint density at radius 2 is 1.86 bits per heavy atom. The number of hydrogen-bond donors (Lipinski definition) is 2. The number of carbonyl (C=O) groups is 1. The number of aromatic nitrogens is 1. The first-order chi connectivity index (χ1) is 13.6. The summed E-state index contributed by atoms with van der Waals surface area (Å²) in [5.41, 5.74) is 4.40. The van der Waals surface area contributed by atoms with Crippen LogP contribution in [0.4, 0.5) is 11.4 Å². The van der Waals surface area contributed by atoms with E-state index < -0.39 is 0 Å². The summed E-state index contributed by atoms with van der Waals surface area (Å²) >= 11 is 0. The van der Waals surface area contributed by atoms with Gasteiger partial charge in [-0.2, -0.15) is 0 Å². The summed E-state index contributed by atoms with van der Waals surface area (Å²) in [4.78, 5) is 30.0. The van der Waals surface area contributed by atoms with Crippen molar-refractivity contribution in [2.45, 2.75) is 32.6 Å². The Bertz CT molecular complexity index is 1050. The van der Waals surface area contributed by atoms with E-state index >= 15 is 0 Å². The lowest BCUT2D eigenvalue weighted by molar-refractivity contribution is -0.116. The van der Waals surface area contributed by atoms with E-state index in [1.165, 1.54) is 18.5 Å². The number of aryl methyl sites for hydroxylation is 2. The van der Waals surface area contributed by atoms with Crippen LogP contribution in [0.2, 0.25) is 0 Å². The van der Waals surface area contributed by atoms with Crippen LogP contribution in [0.25, 0.3) is 10.9 Å².